The van der Waals surface area contributed by atoms with Crippen LogP contribution in [0.5, 0.6) is 0 Å². The van der Waals surface area contributed by atoms with Crippen molar-refractivity contribution in [2.45, 2.75) is 122 Å². The zero-order valence-electron chi connectivity index (χ0n) is 19.4. The molecule has 0 heterocycles. The second-order valence-electron chi connectivity index (χ2n) is 8.56. The zero-order chi connectivity index (χ0) is 21.9. The molecule has 1 aromatic carbocycles. The maximum atomic E-state index is 11.4. The number of unbranched alkanes of at least 4 members (excludes halogenated alkanes) is 12. The molecule has 0 fully saturated rings. The van der Waals surface area contributed by atoms with Gasteiger partial charge in [0.25, 0.3) is 0 Å². The molecule has 0 aliphatic carbocycles. The molecule has 1 rings (SSSR count). The number of carbonyl (C=O) groups excluding carboxylic acids is 1. The predicted molar refractivity (Wildman–Crippen MR) is 125 cm³/mol. The molecule has 0 bridgehead atoms. The molecule has 4 heteroatoms. The molecule has 0 aromatic heterocycles. The standard InChI is InChI=1S/C26H45NO3/c1-3-4-5-6-7-8-9-10-11-12-13-14-18-21-26(29)24(2)27(23-28)30-22-25-19-16-15-17-20-25/h15-17,19-20,23-24,26,29H,3-14,18,21-22H2,1-2H3/t24-,26-/m0/s1. The Morgan fingerprint density at radius 1 is 0.867 bits per heavy atom. The van der Waals surface area contributed by atoms with Gasteiger partial charge in [-0.05, 0) is 18.9 Å². The first kappa shape index (κ1) is 26.6. The first-order chi connectivity index (χ1) is 14.7. The van der Waals surface area contributed by atoms with Crippen LogP contribution in [-0.2, 0) is 16.2 Å². The molecule has 0 saturated carbocycles. The Balaban J connectivity index is 2.01. The van der Waals surface area contributed by atoms with Crippen LogP contribution >= 0.6 is 0 Å². The van der Waals surface area contributed by atoms with Gasteiger partial charge in [-0.3, -0.25) is 9.63 Å². The monoisotopic (exact) mass is 419 g/mol. The third-order valence-electron chi connectivity index (χ3n) is 5.89. The van der Waals surface area contributed by atoms with E-state index >= 15 is 0 Å². The van der Waals surface area contributed by atoms with Crippen molar-refractivity contribution in [1.82, 2.24) is 5.06 Å². The average Bonchev–Trinajstić information content (AvgIpc) is 2.77. The Labute approximate surface area is 185 Å². The molecule has 0 saturated heterocycles. The second kappa shape index (κ2) is 18.4. The van der Waals surface area contributed by atoms with Crippen molar-refractivity contribution in [3.05, 3.63) is 35.9 Å². The maximum absolute atomic E-state index is 11.4. The number of hydroxylamine groups is 2. The summed E-state index contributed by atoms with van der Waals surface area (Å²) >= 11 is 0. The third-order valence-corrected chi connectivity index (χ3v) is 5.89. The Morgan fingerprint density at radius 3 is 1.87 bits per heavy atom. The van der Waals surface area contributed by atoms with E-state index in [0.29, 0.717) is 19.4 Å². The Morgan fingerprint density at radius 2 is 1.37 bits per heavy atom. The van der Waals surface area contributed by atoms with Crippen LogP contribution in [0.2, 0.25) is 0 Å². The number of hydrogen-bond acceptors (Lipinski definition) is 3. The van der Waals surface area contributed by atoms with Gasteiger partial charge in [0.05, 0.1) is 12.1 Å². The molecule has 172 valence electrons. The quantitative estimate of drug-likeness (QED) is 0.143. The number of nitrogens with zero attached hydrogens (tertiary/aromatic N) is 1. The van der Waals surface area contributed by atoms with Gasteiger partial charge in [-0.25, -0.2) is 5.06 Å². The molecule has 30 heavy (non-hydrogen) atoms. The van der Waals surface area contributed by atoms with Gasteiger partial charge in [0, 0.05) is 0 Å². The summed E-state index contributed by atoms with van der Waals surface area (Å²) in [6, 6.07) is 9.40. The van der Waals surface area contributed by atoms with Crippen molar-refractivity contribution >= 4 is 6.41 Å². The van der Waals surface area contributed by atoms with Crippen LogP contribution in [0.25, 0.3) is 0 Å². The number of amides is 1. The molecular formula is C26H45NO3. The van der Waals surface area contributed by atoms with Gasteiger partial charge >= 0.3 is 0 Å². The lowest BCUT2D eigenvalue weighted by atomic mass is 10.0. The molecule has 1 N–H and O–H groups in total. The van der Waals surface area contributed by atoms with Crippen molar-refractivity contribution in [3.8, 4) is 0 Å². The summed E-state index contributed by atoms with van der Waals surface area (Å²) in [6.45, 7) is 4.43. The minimum atomic E-state index is -0.557. The predicted octanol–water partition coefficient (Wildman–Crippen LogP) is 6.81. The smallest absolute Gasteiger partial charge is 0.233 e. The first-order valence-corrected chi connectivity index (χ1v) is 12.3. The Kier molecular flexibility index (Phi) is 16.3. The summed E-state index contributed by atoms with van der Waals surface area (Å²) in [5, 5.41) is 11.7. The van der Waals surface area contributed by atoms with Gasteiger partial charge in [-0.2, -0.15) is 0 Å². The fraction of sp³-hybridized carbons (Fsp3) is 0.731. The number of hydrogen-bond donors (Lipinski definition) is 1. The van der Waals surface area contributed by atoms with E-state index in [9.17, 15) is 9.90 Å². The molecule has 0 spiro atoms. The highest BCUT2D eigenvalue weighted by molar-refractivity contribution is 5.45. The molecule has 4 nitrogen and oxygen atoms in total. The fourth-order valence-corrected chi connectivity index (χ4v) is 3.75. The largest absolute Gasteiger partial charge is 0.391 e. The number of aliphatic hydroxyl groups excluding tert-OH is 1. The van der Waals surface area contributed by atoms with Gasteiger partial charge in [-0.1, -0.05) is 121 Å². The lowest BCUT2D eigenvalue weighted by Crippen LogP contribution is -2.40. The van der Waals surface area contributed by atoms with Gasteiger partial charge in [0.15, 0.2) is 0 Å². The second-order valence-corrected chi connectivity index (χ2v) is 8.56. The molecule has 1 amide bonds. The van der Waals surface area contributed by atoms with Crippen molar-refractivity contribution in [2.75, 3.05) is 0 Å². The highest BCUT2D eigenvalue weighted by Gasteiger charge is 2.21. The van der Waals surface area contributed by atoms with Crippen LogP contribution in [0, 0.1) is 0 Å². The van der Waals surface area contributed by atoms with E-state index in [4.69, 9.17) is 4.84 Å². The molecule has 1 aromatic rings. The Hall–Kier alpha value is -1.39. The van der Waals surface area contributed by atoms with E-state index in [0.717, 1.165) is 18.4 Å². The van der Waals surface area contributed by atoms with Gasteiger partial charge < -0.3 is 5.11 Å². The van der Waals surface area contributed by atoms with E-state index in [1.165, 1.54) is 75.7 Å². The highest BCUT2D eigenvalue weighted by Crippen LogP contribution is 2.16. The molecule has 2 atom stereocenters. The molecule has 0 aliphatic rings. The highest BCUT2D eigenvalue weighted by atomic mass is 16.7. The summed E-state index contributed by atoms with van der Waals surface area (Å²) in [5.74, 6) is 0. The average molecular weight is 420 g/mol. The normalized spacial score (nSPS) is 13.2. The van der Waals surface area contributed by atoms with Gasteiger partial charge in [0.2, 0.25) is 6.41 Å². The van der Waals surface area contributed by atoms with Crippen LogP contribution in [-0.4, -0.2) is 28.7 Å². The first-order valence-electron chi connectivity index (χ1n) is 12.3. The van der Waals surface area contributed by atoms with E-state index in [-0.39, 0.29) is 6.04 Å². The zero-order valence-corrected chi connectivity index (χ0v) is 19.4. The molecule has 0 unspecified atom stereocenters. The fourth-order valence-electron chi connectivity index (χ4n) is 3.75. The molecule has 0 aliphatic heterocycles. The minimum absolute atomic E-state index is 0.329. The van der Waals surface area contributed by atoms with E-state index in [1.54, 1.807) is 0 Å². The number of carbonyl (C=O) groups is 1. The van der Waals surface area contributed by atoms with Gasteiger partial charge in [-0.15, -0.1) is 0 Å². The lowest BCUT2D eigenvalue weighted by molar-refractivity contribution is -0.202. The summed E-state index contributed by atoms with van der Waals surface area (Å²) < 4.78 is 0. The van der Waals surface area contributed by atoms with E-state index < -0.39 is 6.10 Å². The summed E-state index contributed by atoms with van der Waals surface area (Å²) in [4.78, 5) is 16.9. The van der Waals surface area contributed by atoms with E-state index in [1.807, 2.05) is 37.3 Å². The van der Waals surface area contributed by atoms with Crippen LogP contribution in [0.4, 0.5) is 0 Å². The number of benzene rings is 1. The maximum Gasteiger partial charge on any atom is 0.233 e. The van der Waals surface area contributed by atoms with Crippen molar-refractivity contribution in [1.29, 1.82) is 0 Å². The van der Waals surface area contributed by atoms with Crippen LogP contribution < -0.4 is 0 Å². The lowest BCUT2D eigenvalue weighted by Gasteiger charge is -2.28. The number of rotatable bonds is 20. The summed E-state index contributed by atoms with van der Waals surface area (Å²) in [5.41, 5.74) is 1.00. The molecule has 0 radical (unpaired) electrons. The molecular weight excluding hydrogens is 374 g/mol. The summed E-state index contributed by atoms with van der Waals surface area (Å²) in [7, 11) is 0. The minimum Gasteiger partial charge on any atom is -0.391 e. The number of aliphatic hydroxyl groups is 1. The SMILES string of the molecule is CCCCCCCCCCCCCCC[C@H](O)[C@H](C)N(C=O)OCc1ccccc1. The van der Waals surface area contributed by atoms with Crippen LogP contribution in [0.1, 0.15) is 109 Å². The van der Waals surface area contributed by atoms with Crippen molar-refractivity contribution in [2.24, 2.45) is 0 Å². The van der Waals surface area contributed by atoms with E-state index in [2.05, 4.69) is 6.92 Å². The third kappa shape index (κ3) is 13.0. The summed E-state index contributed by atoms with van der Waals surface area (Å²) in [6.07, 6.45) is 17.9. The van der Waals surface area contributed by atoms with Crippen molar-refractivity contribution < 1.29 is 14.7 Å². The Bertz CT molecular complexity index is 508. The van der Waals surface area contributed by atoms with Crippen LogP contribution in [0.15, 0.2) is 30.3 Å². The topological polar surface area (TPSA) is 49.8 Å². The van der Waals surface area contributed by atoms with Crippen LogP contribution in [0.3, 0.4) is 0 Å². The van der Waals surface area contributed by atoms with Crippen molar-refractivity contribution in [3.63, 3.8) is 0 Å². The van der Waals surface area contributed by atoms with Gasteiger partial charge in [0.1, 0.15) is 6.61 Å².